The van der Waals surface area contributed by atoms with Crippen LogP contribution in [0.3, 0.4) is 0 Å². The van der Waals surface area contributed by atoms with Gasteiger partial charge in [-0.05, 0) is 39.2 Å². The maximum atomic E-state index is 13.0. The van der Waals surface area contributed by atoms with Gasteiger partial charge in [-0.15, -0.1) is 0 Å². The maximum absolute atomic E-state index is 13.0. The Morgan fingerprint density at radius 2 is 2.05 bits per heavy atom. The highest BCUT2D eigenvalue weighted by Gasteiger charge is 2.43. The van der Waals surface area contributed by atoms with E-state index in [1.165, 1.54) is 0 Å². The van der Waals surface area contributed by atoms with Crippen molar-refractivity contribution in [1.29, 1.82) is 0 Å². The molecule has 0 radical (unpaired) electrons. The Morgan fingerprint density at radius 1 is 1.32 bits per heavy atom. The standard InChI is InChI=1S/C16H32N2O/c1-5-8-12-18(14(4)7-3)15(19)16(9-6-2)10-11-17-13-16/h14,17H,5-13H2,1-4H3. The smallest absolute Gasteiger partial charge is 0.230 e. The van der Waals surface area contributed by atoms with Gasteiger partial charge < -0.3 is 10.2 Å². The van der Waals surface area contributed by atoms with E-state index in [1.54, 1.807) is 0 Å². The minimum Gasteiger partial charge on any atom is -0.339 e. The van der Waals surface area contributed by atoms with Gasteiger partial charge in [0.05, 0.1) is 5.41 Å². The molecule has 0 saturated carbocycles. The van der Waals surface area contributed by atoms with Crippen molar-refractivity contribution >= 4 is 5.91 Å². The second kappa shape index (κ2) is 7.88. The van der Waals surface area contributed by atoms with Crippen molar-refractivity contribution in [1.82, 2.24) is 10.2 Å². The van der Waals surface area contributed by atoms with Crippen molar-refractivity contribution in [3.05, 3.63) is 0 Å². The van der Waals surface area contributed by atoms with E-state index in [2.05, 4.69) is 37.9 Å². The monoisotopic (exact) mass is 268 g/mol. The molecular weight excluding hydrogens is 236 g/mol. The lowest BCUT2D eigenvalue weighted by Gasteiger charge is -2.37. The number of rotatable bonds is 8. The number of amides is 1. The number of nitrogens with one attached hydrogen (secondary N) is 1. The molecule has 1 rings (SSSR count). The van der Waals surface area contributed by atoms with E-state index in [0.717, 1.165) is 58.2 Å². The molecule has 3 heteroatoms. The summed E-state index contributed by atoms with van der Waals surface area (Å²) in [4.78, 5) is 15.2. The third kappa shape index (κ3) is 3.95. The zero-order valence-electron chi connectivity index (χ0n) is 13.3. The van der Waals surface area contributed by atoms with Gasteiger partial charge in [-0.2, -0.15) is 0 Å². The molecule has 2 unspecified atom stereocenters. The first kappa shape index (κ1) is 16.5. The highest BCUT2D eigenvalue weighted by atomic mass is 16.2. The Hall–Kier alpha value is -0.570. The molecule has 1 amide bonds. The van der Waals surface area contributed by atoms with Gasteiger partial charge in [0.25, 0.3) is 0 Å². The van der Waals surface area contributed by atoms with Crippen LogP contribution in [0.2, 0.25) is 0 Å². The average Bonchev–Trinajstić information content (AvgIpc) is 2.88. The first-order valence-electron chi connectivity index (χ1n) is 8.13. The van der Waals surface area contributed by atoms with Crippen LogP contribution in [-0.2, 0) is 4.79 Å². The third-order valence-corrected chi connectivity index (χ3v) is 4.56. The summed E-state index contributed by atoms with van der Waals surface area (Å²) in [6, 6.07) is 0.369. The van der Waals surface area contributed by atoms with E-state index >= 15 is 0 Å². The van der Waals surface area contributed by atoms with E-state index < -0.39 is 0 Å². The highest BCUT2D eigenvalue weighted by Crippen LogP contribution is 2.34. The van der Waals surface area contributed by atoms with Gasteiger partial charge >= 0.3 is 0 Å². The number of nitrogens with zero attached hydrogens (tertiary/aromatic N) is 1. The zero-order chi connectivity index (χ0) is 14.3. The fourth-order valence-electron chi connectivity index (χ4n) is 3.10. The first-order valence-corrected chi connectivity index (χ1v) is 8.13. The van der Waals surface area contributed by atoms with E-state index in [1.807, 2.05) is 0 Å². The average molecular weight is 268 g/mol. The van der Waals surface area contributed by atoms with E-state index in [-0.39, 0.29) is 5.41 Å². The van der Waals surface area contributed by atoms with Crippen molar-refractivity contribution in [3.63, 3.8) is 0 Å². The predicted molar refractivity (Wildman–Crippen MR) is 81.2 cm³/mol. The quantitative estimate of drug-likeness (QED) is 0.733. The molecule has 0 aromatic rings. The number of unbranched alkanes of at least 4 members (excludes halogenated alkanes) is 1. The Morgan fingerprint density at radius 3 is 2.53 bits per heavy atom. The van der Waals surface area contributed by atoms with Crippen LogP contribution in [0.25, 0.3) is 0 Å². The molecule has 2 atom stereocenters. The number of hydrogen-bond acceptors (Lipinski definition) is 2. The van der Waals surface area contributed by atoms with Crippen LogP contribution in [-0.4, -0.2) is 36.5 Å². The van der Waals surface area contributed by atoms with Crippen molar-refractivity contribution in [2.45, 2.75) is 72.3 Å². The summed E-state index contributed by atoms with van der Waals surface area (Å²) in [6.07, 6.45) is 6.45. The van der Waals surface area contributed by atoms with E-state index in [4.69, 9.17) is 0 Å². The predicted octanol–water partition coefficient (Wildman–Crippen LogP) is 3.19. The Labute approximate surface area is 119 Å². The van der Waals surface area contributed by atoms with Crippen LogP contribution >= 0.6 is 0 Å². The molecule has 1 saturated heterocycles. The highest BCUT2D eigenvalue weighted by molar-refractivity contribution is 5.83. The van der Waals surface area contributed by atoms with Crippen molar-refractivity contribution in [2.24, 2.45) is 5.41 Å². The summed E-state index contributed by atoms with van der Waals surface area (Å²) in [7, 11) is 0. The minimum atomic E-state index is -0.119. The van der Waals surface area contributed by atoms with Crippen LogP contribution in [0.5, 0.6) is 0 Å². The summed E-state index contributed by atoms with van der Waals surface area (Å²) in [5, 5.41) is 3.40. The number of hydrogen-bond donors (Lipinski definition) is 1. The molecular formula is C16H32N2O. The molecule has 19 heavy (non-hydrogen) atoms. The van der Waals surface area contributed by atoms with Gasteiger partial charge in [0, 0.05) is 19.1 Å². The molecule has 1 heterocycles. The summed E-state index contributed by atoms with van der Waals surface area (Å²) in [5.41, 5.74) is -0.119. The molecule has 1 aliphatic heterocycles. The van der Waals surface area contributed by atoms with Gasteiger partial charge in [0.2, 0.25) is 5.91 Å². The summed E-state index contributed by atoms with van der Waals surface area (Å²) < 4.78 is 0. The second-order valence-corrected chi connectivity index (χ2v) is 6.07. The minimum absolute atomic E-state index is 0.119. The second-order valence-electron chi connectivity index (χ2n) is 6.07. The fourth-order valence-corrected chi connectivity index (χ4v) is 3.10. The molecule has 112 valence electrons. The largest absolute Gasteiger partial charge is 0.339 e. The van der Waals surface area contributed by atoms with Crippen molar-refractivity contribution < 1.29 is 4.79 Å². The van der Waals surface area contributed by atoms with Crippen LogP contribution in [0.15, 0.2) is 0 Å². The molecule has 1 N–H and O–H groups in total. The lowest BCUT2D eigenvalue weighted by atomic mass is 9.80. The van der Waals surface area contributed by atoms with Gasteiger partial charge in [0.1, 0.15) is 0 Å². The maximum Gasteiger partial charge on any atom is 0.230 e. The normalized spacial score (nSPS) is 24.4. The summed E-state index contributed by atoms with van der Waals surface area (Å²) in [5.74, 6) is 0.405. The van der Waals surface area contributed by atoms with Crippen LogP contribution in [0.4, 0.5) is 0 Å². The van der Waals surface area contributed by atoms with Crippen LogP contribution < -0.4 is 5.32 Å². The van der Waals surface area contributed by atoms with Crippen molar-refractivity contribution in [2.75, 3.05) is 19.6 Å². The topological polar surface area (TPSA) is 32.3 Å². The Balaban J connectivity index is 2.82. The van der Waals surface area contributed by atoms with Gasteiger partial charge in [-0.25, -0.2) is 0 Å². The lowest BCUT2D eigenvalue weighted by Crippen LogP contribution is -2.49. The van der Waals surface area contributed by atoms with Crippen LogP contribution in [0, 0.1) is 5.41 Å². The van der Waals surface area contributed by atoms with E-state index in [0.29, 0.717) is 11.9 Å². The molecule has 1 fully saturated rings. The molecule has 0 bridgehead atoms. The Kier molecular flexibility index (Phi) is 6.84. The third-order valence-electron chi connectivity index (χ3n) is 4.56. The zero-order valence-corrected chi connectivity index (χ0v) is 13.3. The molecule has 1 aliphatic rings. The van der Waals surface area contributed by atoms with Gasteiger partial charge in [-0.3, -0.25) is 4.79 Å². The van der Waals surface area contributed by atoms with Gasteiger partial charge in [0.15, 0.2) is 0 Å². The number of carbonyl (C=O) groups is 1. The summed E-state index contributed by atoms with van der Waals surface area (Å²) in [6.45, 7) is 11.5. The molecule has 0 spiro atoms. The van der Waals surface area contributed by atoms with Crippen LogP contribution in [0.1, 0.15) is 66.2 Å². The van der Waals surface area contributed by atoms with Gasteiger partial charge in [-0.1, -0.05) is 33.6 Å². The number of carbonyl (C=O) groups excluding carboxylic acids is 1. The molecule has 3 nitrogen and oxygen atoms in total. The van der Waals surface area contributed by atoms with Crippen molar-refractivity contribution in [3.8, 4) is 0 Å². The fraction of sp³-hybridized carbons (Fsp3) is 0.938. The Bertz CT molecular complexity index is 272. The molecule has 0 aliphatic carbocycles. The lowest BCUT2D eigenvalue weighted by molar-refractivity contribution is -0.144. The van der Waals surface area contributed by atoms with E-state index in [9.17, 15) is 4.79 Å². The summed E-state index contributed by atoms with van der Waals surface area (Å²) >= 11 is 0. The molecule has 0 aromatic heterocycles. The SMILES string of the molecule is CCCCN(C(=O)C1(CCC)CCNC1)C(C)CC. The molecule has 0 aromatic carbocycles. The first-order chi connectivity index (χ1) is 9.11.